The van der Waals surface area contributed by atoms with Gasteiger partial charge in [0.25, 0.3) is 0 Å². The minimum atomic E-state index is 0.642. The van der Waals surface area contributed by atoms with Gasteiger partial charge in [0, 0.05) is 18.6 Å². The highest BCUT2D eigenvalue weighted by Crippen LogP contribution is 2.22. The Morgan fingerprint density at radius 3 is 2.43 bits per heavy atom. The fraction of sp³-hybridized carbons (Fsp3) is 0.684. The highest BCUT2D eigenvalue weighted by Gasteiger charge is 2.22. The molecule has 1 fully saturated rings. The highest BCUT2D eigenvalue weighted by molar-refractivity contribution is 5.15. The lowest BCUT2D eigenvalue weighted by Crippen LogP contribution is -2.46. The molecule has 1 aliphatic rings. The number of rotatable bonds is 7. The van der Waals surface area contributed by atoms with Crippen LogP contribution in [0.2, 0.25) is 0 Å². The molecule has 21 heavy (non-hydrogen) atoms. The van der Waals surface area contributed by atoms with Crippen LogP contribution in [-0.2, 0) is 6.42 Å². The summed E-state index contributed by atoms with van der Waals surface area (Å²) in [4.78, 5) is 2.66. The van der Waals surface area contributed by atoms with Crippen molar-refractivity contribution >= 4 is 0 Å². The van der Waals surface area contributed by atoms with E-state index in [1.54, 1.807) is 0 Å². The third-order valence-corrected chi connectivity index (χ3v) is 5.01. The van der Waals surface area contributed by atoms with E-state index in [0.29, 0.717) is 12.1 Å². The van der Waals surface area contributed by atoms with Crippen molar-refractivity contribution in [3.8, 4) is 0 Å². The predicted molar refractivity (Wildman–Crippen MR) is 91.7 cm³/mol. The fourth-order valence-electron chi connectivity index (χ4n) is 3.19. The van der Waals surface area contributed by atoms with Crippen LogP contribution in [0.1, 0.15) is 45.6 Å². The summed E-state index contributed by atoms with van der Waals surface area (Å²) in [7, 11) is 0. The second-order valence-corrected chi connectivity index (χ2v) is 6.74. The normalized spacial score (nSPS) is 20.3. The first-order chi connectivity index (χ1) is 10.2. The van der Waals surface area contributed by atoms with Gasteiger partial charge in [-0.1, -0.05) is 37.3 Å². The highest BCUT2D eigenvalue weighted by atomic mass is 15.2. The molecule has 1 heterocycles. The summed E-state index contributed by atoms with van der Waals surface area (Å²) in [6.07, 6.45) is 5.17. The number of benzene rings is 1. The zero-order chi connectivity index (χ0) is 15.1. The van der Waals surface area contributed by atoms with Crippen LogP contribution in [0.25, 0.3) is 0 Å². The first-order valence-electron chi connectivity index (χ1n) is 8.70. The van der Waals surface area contributed by atoms with Gasteiger partial charge in [-0.3, -0.25) is 4.90 Å². The molecule has 0 spiro atoms. The van der Waals surface area contributed by atoms with Gasteiger partial charge >= 0.3 is 0 Å². The van der Waals surface area contributed by atoms with Crippen molar-refractivity contribution in [3.05, 3.63) is 35.9 Å². The molecule has 0 amide bonds. The van der Waals surface area contributed by atoms with Gasteiger partial charge in [0.1, 0.15) is 0 Å². The Bertz CT molecular complexity index is 382. The first kappa shape index (κ1) is 16.5. The Kier molecular flexibility index (Phi) is 6.72. The molecule has 0 aliphatic carbocycles. The summed E-state index contributed by atoms with van der Waals surface area (Å²) in [5, 5.41) is 3.64. The number of piperidine rings is 1. The molecular weight excluding hydrogens is 256 g/mol. The summed E-state index contributed by atoms with van der Waals surface area (Å²) in [5.74, 6) is 0.873. The molecule has 1 saturated heterocycles. The second-order valence-electron chi connectivity index (χ2n) is 6.74. The van der Waals surface area contributed by atoms with E-state index >= 15 is 0 Å². The molecule has 1 aromatic rings. The van der Waals surface area contributed by atoms with E-state index in [4.69, 9.17) is 0 Å². The molecule has 0 saturated carbocycles. The Balaban J connectivity index is 1.70. The molecule has 2 unspecified atom stereocenters. The zero-order valence-electron chi connectivity index (χ0n) is 14.0. The largest absolute Gasteiger partial charge is 0.313 e. The van der Waals surface area contributed by atoms with Gasteiger partial charge < -0.3 is 5.32 Å². The molecule has 1 aromatic carbocycles. The minimum Gasteiger partial charge on any atom is -0.313 e. The molecule has 1 aliphatic heterocycles. The molecule has 2 heteroatoms. The lowest BCUT2D eigenvalue weighted by Gasteiger charge is -2.36. The number of likely N-dealkylation sites (tertiary alicyclic amines) is 1. The van der Waals surface area contributed by atoms with Crippen molar-refractivity contribution in [1.82, 2.24) is 10.2 Å². The van der Waals surface area contributed by atoms with E-state index < -0.39 is 0 Å². The third-order valence-electron chi connectivity index (χ3n) is 5.01. The molecule has 2 atom stereocenters. The maximum atomic E-state index is 3.64. The van der Waals surface area contributed by atoms with Crippen molar-refractivity contribution in [2.45, 2.75) is 58.5 Å². The summed E-state index contributed by atoms with van der Waals surface area (Å²) < 4.78 is 0. The van der Waals surface area contributed by atoms with Gasteiger partial charge in [0.05, 0.1) is 0 Å². The van der Waals surface area contributed by atoms with E-state index in [2.05, 4.69) is 61.3 Å². The van der Waals surface area contributed by atoms with E-state index in [-0.39, 0.29) is 0 Å². The van der Waals surface area contributed by atoms with Crippen molar-refractivity contribution in [2.75, 3.05) is 19.6 Å². The smallest absolute Gasteiger partial charge is 0.0192 e. The SMILES string of the molecule is CCC(C)NCC(C)N1CCC(Cc2ccccc2)CC1. The molecule has 2 rings (SSSR count). The lowest BCUT2D eigenvalue weighted by atomic mass is 9.89. The molecule has 2 nitrogen and oxygen atoms in total. The first-order valence-corrected chi connectivity index (χ1v) is 8.70. The predicted octanol–water partition coefficient (Wildman–Crippen LogP) is 3.72. The van der Waals surface area contributed by atoms with Crippen LogP contribution in [0, 0.1) is 5.92 Å². The number of hydrogen-bond donors (Lipinski definition) is 1. The van der Waals surface area contributed by atoms with Crippen LogP contribution in [0.4, 0.5) is 0 Å². The van der Waals surface area contributed by atoms with Gasteiger partial charge in [-0.05, 0) is 64.1 Å². The molecule has 0 aromatic heterocycles. The second kappa shape index (κ2) is 8.55. The van der Waals surface area contributed by atoms with Crippen molar-refractivity contribution in [3.63, 3.8) is 0 Å². The third kappa shape index (κ3) is 5.44. The Morgan fingerprint density at radius 2 is 1.81 bits per heavy atom. The van der Waals surface area contributed by atoms with Crippen LogP contribution >= 0.6 is 0 Å². The van der Waals surface area contributed by atoms with Crippen molar-refractivity contribution < 1.29 is 0 Å². The van der Waals surface area contributed by atoms with E-state index in [1.165, 1.54) is 44.3 Å². The summed E-state index contributed by atoms with van der Waals surface area (Å²) in [5.41, 5.74) is 1.50. The van der Waals surface area contributed by atoms with Crippen LogP contribution < -0.4 is 5.32 Å². The average molecular weight is 288 g/mol. The summed E-state index contributed by atoms with van der Waals surface area (Å²) in [6.45, 7) is 10.5. The molecule has 1 N–H and O–H groups in total. The molecule has 0 radical (unpaired) electrons. The van der Waals surface area contributed by atoms with Gasteiger partial charge in [0.15, 0.2) is 0 Å². The Labute approximate surface area is 130 Å². The number of nitrogens with zero attached hydrogens (tertiary/aromatic N) is 1. The average Bonchev–Trinajstić information content (AvgIpc) is 2.54. The Hall–Kier alpha value is -0.860. The standard InChI is InChI=1S/C19H32N2/c1-4-16(2)20-15-17(3)21-12-10-19(11-13-21)14-18-8-6-5-7-9-18/h5-9,16-17,19-20H,4,10-15H2,1-3H3. The number of hydrogen-bond acceptors (Lipinski definition) is 2. The monoisotopic (exact) mass is 288 g/mol. The molecular formula is C19H32N2. The maximum absolute atomic E-state index is 3.64. The topological polar surface area (TPSA) is 15.3 Å². The Morgan fingerprint density at radius 1 is 1.14 bits per heavy atom. The summed E-state index contributed by atoms with van der Waals surface area (Å²) >= 11 is 0. The fourth-order valence-corrected chi connectivity index (χ4v) is 3.19. The van der Waals surface area contributed by atoms with E-state index in [1.807, 2.05) is 0 Å². The van der Waals surface area contributed by atoms with Crippen LogP contribution in [-0.4, -0.2) is 36.6 Å². The molecule has 118 valence electrons. The van der Waals surface area contributed by atoms with Gasteiger partial charge in [-0.25, -0.2) is 0 Å². The molecule has 0 bridgehead atoms. The van der Waals surface area contributed by atoms with Crippen LogP contribution in [0.15, 0.2) is 30.3 Å². The maximum Gasteiger partial charge on any atom is 0.0192 e. The van der Waals surface area contributed by atoms with Crippen molar-refractivity contribution in [2.24, 2.45) is 5.92 Å². The van der Waals surface area contributed by atoms with E-state index in [0.717, 1.165) is 12.5 Å². The van der Waals surface area contributed by atoms with Gasteiger partial charge in [0.2, 0.25) is 0 Å². The van der Waals surface area contributed by atoms with Gasteiger partial charge in [-0.15, -0.1) is 0 Å². The number of nitrogens with one attached hydrogen (secondary N) is 1. The van der Waals surface area contributed by atoms with E-state index in [9.17, 15) is 0 Å². The zero-order valence-corrected chi connectivity index (χ0v) is 14.0. The minimum absolute atomic E-state index is 0.642. The van der Waals surface area contributed by atoms with Crippen LogP contribution in [0.5, 0.6) is 0 Å². The quantitative estimate of drug-likeness (QED) is 0.822. The van der Waals surface area contributed by atoms with Crippen molar-refractivity contribution in [1.29, 1.82) is 0 Å². The summed E-state index contributed by atoms with van der Waals surface area (Å²) in [6, 6.07) is 12.3. The van der Waals surface area contributed by atoms with Gasteiger partial charge in [-0.2, -0.15) is 0 Å². The van der Waals surface area contributed by atoms with Crippen LogP contribution in [0.3, 0.4) is 0 Å². The lowest BCUT2D eigenvalue weighted by molar-refractivity contribution is 0.137.